The first-order chi connectivity index (χ1) is 14.7. The largest absolute Gasteiger partial charge is 0.444 e. The lowest BCUT2D eigenvalue weighted by atomic mass is 9.98. The lowest BCUT2D eigenvalue weighted by Gasteiger charge is -2.38. The fourth-order valence-corrected chi connectivity index (χ4v) is 5.66. The molecule has 4 nitrogen and oxygen atoms in total. The fourth-order valence-electron chi connectivity index (χ4n) is 3.68. The standard InChI is InChI=1S/C26H35FN2O2Si/c1-25(2,3)31-24(30)28-23(18-13-15-19(27)16-14-18)21-17-29(32(7,8)26(4,5)6)22-12-10-9-11-20(21)22/h9-17,23H,1-8H3,(H,28,30). The number of carbonyl (C=O) groups excluding carboxylic acids is 1. The van der Waals surface area contributed by atoms with E-state index in [0.717, 1.165) is 22.0 Å². The number of hydrogen-bond acceptors (Lipinski definition) is 2. The average molecular weight is 455 g/mol. The van der Waals surface area contributed by atoms with Gasteiger partial charge in [0.1, 0.15) is 11.4 Å². The number of carbonyl (C=O) groups is 1. The van der Waals surface area contributed by atoms with Crippen LogP contribution in [0.5, 0.6) is 0 Å². The molecule has 0 saturated carbocycles. The number of ether oxygens (including phenoxy) is 1. The molecule has 0 aliphatic heterocycles. The van der Waals surface area contributed by atoms with Gasteiger partial charge in [-0.05, 0) is 49.6 Å². The number of para-hydroxylation sites is 1. The quantitative estimate of drug-likeness (QED) is 0.422. The highest BCUT2D eigenvalue weighted by atomic mass is 28.3. The maximum atomic E-state index is 13.7. The van der Waals surface area contributed by atoms with E-state index in [-0.39, 0.29) is 10.9 Å². The van der Waals surface area contributed by atoms with Gasteiger partial charge >= 0.3 is 6.09 Å². The summed E-state index contributed by atoms with van der Waals surface area (Å²) in [7, 11) is -1.95. The average Bonchev–Trinajstić information content (AvgIpc) is 3.05. The van der Waals surface area contributed by atoms with Crippen LogP contribution in [-0.4, -0.2) is 24.2 Å². The molecule has 1 amide bonds. The first kappa shape index (κ1) is 24.0. The lowest BCUT2D eigenvalue weighted by Crippen LogP contribution is -2.45. The minimum absolute atomic E-state index is 0.121. The van der Waals surface area contributed by atoms with Crippen LogP contribution in [0.1, 0.15) is 58.7 Å². The smallest absolute Gasteiger partial charge is 0.408 e. The van der Waals surface area contributed by atoms with Gasteiger partial charge < -0.3 is 14.3 Å². The zero-order chi connectivity index (χ0) is 23.9. The molecule has 1 N–H and O–H groups in total. The minimum Gasteiger partial charge on any atom is -0.444 e. The van der Waals surface area contributed by atoms with E-state index >= 15 is 0 Å². The Morgan fingerprint density at radius 3 is 2.16 bits per heavy atom. The first-order valence-electron chi connectivity index (χ1n) is 11.1. The third-order valence-corrected chi connectivity index (χ3v) is 11.6. The van der Waals surface area contributed by atoms with Crippen molar-refractivity contribution in [1.82, 2.24) is 9.55 Å². The molecule has 1 unspecified atom stereocenters. The molecule has 6 heteroatoms. The second-order valence-electron chi connectivity index (χ2n) is 10.9. The summed E-state index contributed by atoms with van der Waals surface area (Å²) in [4.78, 5) is 12.8. The molecule has 32 heavy (non-hydrogen) atoms. The van der Waals surface area contributed by atoms with Crippen LogP contribution in [0.25, 0.3) is 10.9 Å². The van der Waals surface area contributed by atoms with Crippen LogP contribution < -0.4 is 5.32 Å². The Morgan fingerprint density at radius 2 is 1.59 bits per heavy atom. The molecule has 1 heterocycles. The van der Waals surface area contributed by atoms with Gasteiger partial charge in [-0.3, -0.25) is 0 Å². The molecule has 0 radical (unpaired) electrons. The third kappa shape index (κ3) is 4.90. The summed E-state index contributed by atoms with van der Waals surface area (Å²) in [5, 5.41) is 4.23. The highest BCUT2D eigenvalue weighted by Crippen LogP contribution is 2.41. The van der Waals surface area contributed by atoms with Gasteiger partial charge in [0.2, 0.25) is 0 Å². The van der Waals surface area contributed by atoms with Crippen LogP contribution in [0.4, 0.5) is 9.18 Å². The Bertz CT molecular complexity index is 1110. The topological polar surface area (TPSA) is 43.3 Å². The van der Waals surface area contributed by atoms with Crippen molar-refractivity contribution in [2.24, 2.45) is 0 Å². The van der Waals surface area contributed by atoms with E-state index in [2.05, 4.69) is 61.7 Å². The summed E-state index contributed by atoms with van der Waals surface area (Å²) < 4.78 is 21.6. The molecule has 0 bridgehead atoms. The van der Waals surface area contributed by atoms with Gasteiger partial charge in [0.15, 0.2) is 8.24 Å². The van der Waals surface area contributed by atoms with Gasteiger partial charge in [-0.2, -0.15) is 0 Å². The molecule has 0 fully saturated rings. The summed E-state index contributed by atoms with van der Waals surface area (Å²) in [6.07, 6.45) is 1.67. The number of fused-ring (bicyclic) bond motifs is 1. The van der Waals surface area contributed by atoms with Crippen molar-refractivity contribution >= 4 is 25.2 Å². The van der Waals surface area contributed by atoms with Crippen molar-refractivity contribution in [3.05, 3.63) is 71.7 Å². The Hall–Kier alpha value is -2.60. The molecule has 0 spiro atoms. The molecular weight excluding hydrogens is 419 g/mol. The molecule has 1 atom stereocenters. The van der Waals surface area contributed by atoms with Gasteiger partial charge in [-0.1, -0.05) is 64.2 Å². The predicted molar refractivity (Wildman–Crippen MR) is 132 cm³/mol. The van der Waals surface area contributed by atoms with E-state index in [0.29, 0.717) is 0 Å². The van der Waals surface area contributed by atoms with Gasteiger partial charge in [0.05, 0.1) is 6.04 Å². The zero-order valence-electron chi connectivity index (χ0n) is 20.4. The van der Waals surface area contributed by atoms with Crippen LogP contribution >= 0.6 is 0 Å². The number of benzene rings is 2. The van der Waals surface area contributed by atoms with E-state index in [4.69, 9.17) is 4.74 Å². The summed E-state index contributed by atoms with van der Waals surface area (Å²) in [6.45, 7) is 17.1. The van der Waals surface area contributed by atoms with Crippen molar-refractivity contribution in [2.45, 2.75) is 71.3 Å². The van der Waals surface area contributed by atoms with Gasteiger partial charge in [0, 0.05) is 22.7 Å². The molecule has 0 aliphatic rings. The summed E-state index contributed by atoms with van der Waals surface area (Å²) in [5.74, 6) is -0.312. The van der Waals surface area contributed by atoms with E-state index < -0.39 is 26.0 Å². The van der Waals surface area contributed by atoms with E-state index in [1.54, 1.807) is 12.1 Å². The number of amides is 1. The van der Waals surface area contributed by atoms with Crippen molar-refractivity contribution in [3.63, 3.8) is 0 Å². The second-order valence-corrected chi connectivity index (χ2v) is 16.0. The van der Waals surface area contributed by atoms with Crippen molar-refractivity contribution in [2.75, 3.05) is 0 Å². The molecule has 0 aliphatic carbocycles. The first-order valence-corrected chi connectivity index (χ1v) is 14.0. The zero-order valence-corrected chi connectivity index (χ0v) is 21.4. The SMILES string of the molecule is CC(C)(C)OC(=O)NC(c1ccc(F)cc1)c1cn([Si](C)(C)C(C)(C)C)c2ccccc12. The lowest BCUT2D eigenvalue weighted by molar-refractivity contribution is 0.0512. The Morgan fingerprint density at radius 1 is 1.00 bits per heavy atom. The summed E-state index contributed by atoms with van der Waals surface area (Å²) in [6, 6.07) is 14.1. The fraction of sp³-hybridized carbons (Fsp3) is 0.423. The summed E-state index contributed by atoms with van der Waals surface area (Å²) in [5.41, 5.74) is 2.30. The van der Waals surface area contributed by atoms with Crippen molar-refractivity contribution in [1.29, 1.82) is 0 Å². The molecule has 3 rings (SSSR count). The van der Waals surface area contributed by atoms with Crippen LogP contribution in [0.2, 0.25) is 18.1 Å². The maximum absolute atomic E-state index is 13.7. The monoisotopic (exact) mass is 454 g/mol. The number of alkyl carbamates (subject to hydrolysis) is 1. The van der Waals surface area contributed by atoms with Crippen molar-refractivity contribution < 1.29 is 13.9 Å². The Balaban J connectivity index is 2.19. The van der Waals surface area contributed by atoms with Gasteiger partial charge in [-0.25, -0.2) is 9.18 Å². The predicted octanol–water partition coefficient (Wildman–Crippen LogP) is 7.25. The van der Waals surface area contributed by atoms with E-state index in [1.165, 1.54) is 12.1 Å². The third-order valence-electron chi connectivity index (χ3n) is 6.36. The van der Waals surface area contributed by atoms with E-state index in [1.807, 2.05) is 32.9 Å². The number of nitrogens with zero attached hydrogens (tertiary/aromatic N) is 1. The molecule has 172 valence electrons. The minimum atomic E-state index is -1.95. The van der Waals surface area contributed by atoms with Crippen LogP contribution in [-0.2, 0) is 4.74 Å². The molecule has 0 saturated heterocycles. The van der Waals surface area contributed by atoms with Crippen LogP contribution in [0.3, 0.4) is 0 Å². The molecule has 3 aromatic rings. The van der Waals surface area contributed by atoms with Gasteiger partial charge in [0.25, 0.3) is 0 Å². The van der Waals surface area contributed by atoms with Gasteiger partial charge in [-0.15, -0.1) is 0 Å². The Labute approximate surface area is 191 Å². The number of aromatic nitrogens is 1. The molecule has 2 aromatic carbocycles. The molecular formula is C26H35FN2O2Si. The second kappa shape index (κ2) is 8.39. The molecule has 1 aromatic heterocycles. The highest BCUT2D eigenvalue weighted by Gasteiger charge is 2.39. The van der Waals surface area contributed by atoms with E-state index in [9.17, 15) is 9.18 Å². The van der Waals surface area contributed by atoms with Crippen LogP contribution in [0.15, 0.2) is 54.7 Å². The van der Waals surface area contributed by atoms with Crippen LogP contribution in [0, 0.1) is 5.82 Å². The number of halogens is 1. The van der Waals surface area contributed by atoms with Crippen molar-refractivity contribution in [3.8, 4) is 0 Å². The number of nitrogens with one attached hydrogen (secondary N) is 1. The highest BCUT2D eigenvalue weighted by molar-refractivity contribution is 6.79. The number of rotatable bonds is 4. The number of hydrogen-bond donors (Lipinski definition) is 1. The maximum Gasteiger partial charge on any atom is 0.408 e. The normalized spacial score (nSPS) is 13.8. The summed E-state index contributed by atoms with van der Waals surface area (Å²) >= 11 is 0. The Kier molecular flexibility index (Phi) is 6.31.